The lowest BCUT2D eigenvalue weighted by Crippen LogP contribution is -2.19. The van der Waals surface area contributed by atoms with Crippen molar-refractivity contribution in [2.75, 3.05) is 10.6 Å². The molecular weight excluding hydrogens is 315 g/mol. The van der Waals surface area contributed by atoms with Crippen molar-refractivity contribution in [3.63, 3.8) is 0 Å². The monoisotopic (exact) mass is 324 g/mol. The summed E-state index contributed by atoms with van der Waals surface area (Å²) in [6.07, 6.45) is 0. The molecule has 92 valence electrons. The van der Waals surface area contributed by atoms with Crippen molar-refractivity contribution >= 4 is 44.6 Å². The molecule has 18 heavy (non-hydrogen) atoms. The van der Waals surface area contributed by atoms with Gasteiger partial charge in [0.15, 0.2) is 5.11 Å². The van der Waals surface area contributed by atoms with Gasteiger partial charge in [-0.25, -0.2) is 4.39 Å². The second kappa shape index (κ2) is 5.93. The second-order valence-corrected chi connectivity index (χ2v) is 4.83. The Balaban J connectivity index is 2.03. The fraction of sp³-hybridized carbons (Fsp3) is 0. The van der Waals surface area contributed by atoms with Crippen LogP contribution < -0.4 is 10.6 Å². The molecule has 2 N–H and O–H groups in total. The van der Waals surface area contributed by atoms with Crippen LogP contribution in [0.4, 0.5) is 15.8 Å². The normalized spacial score (nSPS) is 9.89. The highest BCUT2D eigenvalue weighted by Crippen LogP contribution is 2.23. The van der Waals surface area contributed by atoms with E-state index in [0.29, 0.717) is 15.3 Å². The van der Waals surface area contributed by atoms with Crippen LogP contribution in [0.5, 0.6) is 0 Å². The molecule has 0 aromatic heterocycles. The van der Waals surface area contributed by atoms with Crippen LogP contribution in [-0.4, -0.2) is 5.11 Å². The van der Waals surface area contributed by atoms with E-state index in [1.807, 2.05) is 30.3 Å². The number of para-hydroxylation sites is 1. The molecule has 0 amide bonds. The third-order valence-corrected chi connectivity index (χ3v) is 3.07. The minimum absolute atomic E-state index is 0.297. The summed E-state index contributed by atoms with van der Waals surface area (Å²) in [7, 11) is 0. The summed E-state index contributed by atoms with van der Waals surface area (Å²) in [6, 6.07) is 14.0. The van der Waals surface area contributed by atoms with Crippen LogP contribution in [0.1, 0.15) is 0 Å². The fourth-order valence-electron chi connectivity index (χ4n) is 1.40. The van der Waals surface area contributed by atoms with Gasteiger partial charge in [0.05, 0.1) is 5.69 Å². The number of hydrogen-bond acceptors (Lipinski definition) is 1. The van der Waals surface area contributed by atoms with Crippen molar-refractivity contribution in [2.24, 2.45) is 0 Å². The van der Waals surface area contributed by atoms with Crippen molar-refractivity contribution < 1.29 is 4.39 Å². The molecule has 2 nitrogen and oxygen atoms in total. The van der Waals surface area contributed by atoms with E-state index in [-0.39, 0.29) is 5.82 Å². The Morgan fingerprint density at radius 1 is 1.06 bits per heavy atom. The summed E-state index contributed by atoms with van der Waals surface area (Å²) in [5, 5.41) is 6.48. The van der Waals surface area contributed by atoms with Gasteiger partial charge in [-0.05, 0) is 58.5 Å². The average Bonchev–Trinajstić information content (AvgIpc) is 2.34. The Labute approximate surface area is 118 Å². The van der Waals surface area contributed by atoms with Gasteiger partial charge in [0.2, 0.25) is 0 Å². The van der Waals surface area contributed by atoms with Gasteiger partial charge in [-0.3, -0.25) is 0 Å². The van der Waals surface area contributed by atoms with Gasteiger partial charge >= 0.3 is 0 Å². The molecule has 0 bridgehead atoms. The lowest BCUT2D eigenvalue weighted by Gasteiger charge is -2.11. The maximum absolute atomic E-state index is 12.9. The molecule has 0 unspecified atom stereocenters. The average molecular weight is 325 g/mol. The molecule has 0 aliphatic carbocycles. The Morgan fingerprint density at radius 3 is 2.44 bits per heavy atom. The predicted octanol–water partition coefficient (Wildman–Crippen LogP) is 4.40. The largest absolute Gasteiger partial charge is 0.332 e. The van der Waals surface area contributed by atoms with E-state index < -0.39 is 0 Å². The first-order valence-corrected chi connectivity index (χ1v) is 6.43. The third kappa shape index (κ3) is 3.51. The smallest absolute Gasteiger partial charge is 0.175 e. The lowest BCUT2D eigenvalue weighted by atomic mass is 10.3. The van der Waals surface area contributed by atoms with Gasteiger partial charge in [-0.2, -0.15) is 0 Å². The summed E-state index contributed by atoms with van der Waals surface area (Å²) in [5.74, 6) is -0.297. The first-order valence-electron chi connectivity index (χ1n) is 5.23. The molecule has 2 aromatic carbocycles. The SMILES string of the molecule is Fc1ccc(NC(=S)Nc2ccccc2)c(Br)c1. The maximum atomic E-state index is 12.9. The lowest BCUT2D eigenvalue weighted by molar-refractivity contribution is 0.627. The van der Waals surface area contributed by atoms with Crippen molar-refractivity contribution in [1.82, 2.24) is 0 Å². The van der Waals surface area contributed by atoms with Gasteiger partial charge in [-0.1, -0.05) is 18.2 Å². The number of benzene rings is 2. The highest BCUT2D eigenvalue weighted by atomic mass is 79.9. The van der Waals surface area contributed by atoms with Gasteiger partial charge in [0, 0.05) is 10.2 Å². The van der Waals surface area contributed by atoms with E-state index in [9.17, 15) is 4.39 Å². The van der Waals surface area contributed by atoms with Crippen molar-refractivity contribution in [2.45, 2.75) is 0 Å². The summed E-state index contributed by atoms with van der Waals surface area (Å²) in [6.45, 7) is 0. The highest BCUT2D eigenvalue weighted by Gasteiger charge is 2.03. The number of thiocarbonyl (C=S) groups is 1. The van der Waals surface area contributed by atoms with E-state index in [1.165, 1.54) is 12.1 Å². The number of nitrogens with one attached hydrogen (secondary N) is 2. The number of hydrogen-bond donors (Lipinski definition) is 2. The number of halogens is 2. The molecule has 2 rings (SSSR count). The molecule has 0 heterocycles. The Bertz CT molecular complexity index is 560. The van der Waals surface area contributed by atoms with Crippen LogP contribution in [-0.2, 0) is 0 Å². The molecular formula is C13H10BrFN2S. The zero-order chi connectivity index (χ0) is 13.0. The zero-order valence-corrected chi connectivity index (χ0v) is 11.7. The Hall–Kier alpha value is -1.46. The summed E-state index contributed by atoms with van der Waals surface area (Å²) in [5.41, 5.74) is 1.61. The molecule has 0 aliphatic rings. The molecule has 0 aliphatic heterocycles. The van der Waals surface area contributed by atoms with Crippen LogP contribution in [0.15, 0.2) is 53.0 Å². The summed E-state index contributed by atoms with van der Waals surface area (Å²) in [4.78, 5) is 0. The Kier molecular flexibility index (Phi) is 4.28. The summed E-state index contributed by atoms with van der Waals surface area (Å²) >= 11 is 8.44. The van der Waals surface area contributed by atoms with Crippen LogP contribution in [0.25, 0.3) is 0 Å². The third-order valence-electron chi connectivity index (χ3n) is 2.21. The topological polar surface area (TPSA) is 24.1 Å². The van der Waals surface area contributed by atoms with E-state index in [2.05, 4.69) is 26.6 Å². The van der Waals surface area contributed by atoms with E-state index in [0.717, 1.165) is 5.69 Å². The molecule has 0 spiro atoms. The highest BCUT2D eigenvalue weighted by molar-refractivity contribution is 9.10. The van der Waals surface area contributed by atoms with Crippen molar-refractivity contribution in [3.05, 3.63) is 58.8 Å². The molecule has 0 saturated carbocycles. The standard InChI is InChI=1S/C13H10BrFN2S/c14-11-8-9(15)6-7-12(11)17-13(18)16-10-4-2-1-3-5-10/h1-8H,(H2,16,17,18). The van der Waals surface area contributed by atoms with E-state index >= 15 is 0 Å². The molecule has 0 atom stereocenters. The maximum Gasteiger partial charge on any atom is 0.175 e. The molecule has 5 heteroatoms. The first kappa shape index (κ1) is 13.0. The minimum atomic E-state index is -0.297. The Morgan fingerprint density at radius 2 is 1.78 bits per heavy atom. The molecule has 0 saturated heterocycles. The quantitative estimate of drug-likeness (QED) is 0.801. The van der Waals surface area contributed by atoms with Gasteiger partial charge in [0.1, 0.15) is 5.82 Å². The number of anilines is 2. The molecule has 0 radical (unpaired) electrons. The second-order valence-electron chi connectivity index (χ2n) is 3.57. The van der Waals surface area contributed by atoms with Gasteiger partial charge in [-0.15, -0.1) is 0 Å². The van der Waals surface area contributed by atoms with Crippen LogP contribution >= 0.6 is 28.1 Å². The van der Waals surface area contributed by atoms with Gasteiger partial charge in [0.25, 0.3) is 0 Å². The van der Waals surface area contributed by atoms with Crippen molar-refractivity contribution in [1.29, 1.82) is 0 Å². The van der Waals surface area contributed by atoms with E-state index in [4.69, 9.17) is 12.2 Å². The van der Waals surface area contributed by atoms with Crippen molar-refractivity contribution in [3.8, 4) is 0 Å². The number of rotatable bonds is 2. The van der Waals surface area contributed by atoms with Crippen LogP contribution in [0.3, 0.4) is 0 Å². The van der Waals surface area contributed by atoms with E-state index in [1.54, 1.807) is 6.07 Å². The first-order chi connectivity index (χ1) is 8.65. The zero-order valence-electron chi connectivity index (χ0n) is 9.28. The fourth-order valence-corrected chi connectivity index (χ4v) is 2.07. The molecule has 2 aromatic rings. The summed E-state index contributed by atoms with van der Waals surface area (Å²) < 4.78 is 13.6. The minimum Gasteiger partial charge on any atom is -0.332 e. The van der Waals surface area contributed by atoms with Crippen LogP contribution in [0.2, 0.25) is 0 Å². The van der Waals surface area contributed by atoms with Gasteiger partial charge < -0.3 is 10.6 Å². The van der Waals surface area contributed by atoms with Crippen LogP contribution in [0, 0.1) is 5.82 Å². The predicted molar refractivity (Wildman–Crippen MR) is 80.4 cm³/mol. The molecule has 0 fully saturated rings.